The van der Waals surface area contributed by atoms with Crippen LogP contribution in [0.2, 0.25) is 5.02 Å². The van der Waals surface area contributed by atoms with E-state index >= 15 is 0 Å². The number of benzene rings is 2. The predicted octanol–water partition coefficient (Wildman–Crippen LogP) is 4.60. The summed E-state index contributed by atoms with van der Waals surface area (Å²) in [6.45, 7) is 5.94. The first-order chi connectivity index (χ1) is 18.0. The van der Waals surface area contributed by atoms with Crippen LogP contribution in [0.1, 0.15) is 20.8 Å². The van der Waals surface area contributed by atoms with E-state index in [2.05, 4.69) is 15.6 Å². The Balaban J connectivity index is 1.96. The summed E-state index contributed by atoms with van der Waals surface area (Å²) in [7, 11) is 4.66. The topological polar surface area (TPSA) is 107 Å². The molecule has 0 aliphatic carbocycles. The van der Waals surface area contributed by atoms with Gasteiger partial charge in [-0.05, 0) is 32.9 Å². The fourth-order valence-corrected chi connectivity index (χ4v) is 3.67. The minimum Gasteiger partial charge on any atom is -0.497 e. The van der Waals surface area contributed by atoms with Crippen LogP contribution >= 0.6 is 11.6 Å². The van der Waals surface area contributed by atoms with E-state index in [1.807, 2.05) is 32.9 Å². The number of rotatable bonds is 10. The van der Waals surface area contributed by atoms with Gasteiger partial charge in [0, 0.05) is 54.2 Å². The van der Waals surface area contributed by atoms with Gasteiger partial charge in [-0.25, -0.2) is 9.78 Å². The van der Waals surface area contributed by atoms with E-state index in [1.165, 1.54) is 12.0 Å². The number of hydrogen-bond acceptors (Lipinski definition) is 6. The van der Waals surface area contributed by atoms with Crippen molar-refractivity contribution in [2.45, 2.75) is 26.3 Å². The molecule has 10 nitrogen and oxygen atoms in total. The molecule has 0 bridgehead atoms. The summed E-state index contributed by atoms with van der Waals surface area (Å²) in [5.41, 5.74) is 1.62. The number of nitrogens with one attached hydrogen (secondary N) is 2. The molecule has 2 N–H and O–H groups in total. The molecule has 1 heterocycles. The maximum atomic E-state index is 13.2. The van der Waals surface area contributed by atoms with Crippen LogP contribution < -0.4 is 20.1 Å². The number of imidazole rings is 1. The van der Waals surface area contributed by atoms with Crippen molar-refractivity contribution < 1.29 is 23.8 Å². The maximum Gasteiger partial charge on any atom is 0.318 e. The van der Waals surface area contributed by atoms with Gasteiger partial charge < -0.3 is 24.4 Å². The molecule has 11 heteroatoms. The van der Waals surface area contributed by atoms with Gasteiger partial charge in [-0.2, -0.15) is 0 Å². The second-order valence-electron chi connectivity index (χ2n) is 9.54. The van der Waals surface area contributed by atoms with Crippen LogP contribution in [0.15, 0.2) is 48.7 Å². The largest absolute Gasteiger partial charge is 0.497 e. The molecule has 0 aliphatic rings. The third-order valence-corrected chi connectivity index (χ3v) is 5.63. The number of amides is 3. The van der Waals surface area contributed by atoms with Crippen molar-refractivity contribution in [1.82, 2.24) is 19.8 Å². The van der Waals surface area contributed by atoms with Crippen molar-refractivity contribution in [3.63, 3.8) is 0 Å². The van der Waals surface area contributed by atoms with Crippen LogP contribution in [0.4, 0.5) is 10.7 Å². The zero-order valence-electron chi connectivity index (χ0n) is 22.5. The van der Waals surface area contributed by atoms with E-state index in [0.717, 1.165) is 5.56 Å². The van der Waals surface area contributed by atoms with Crippen molar-refractivity contribution in [2.75, 3.05) is 46.3 Å². The van der Waals surface area contributed by atoms with E-state index < -0.39 is 11.4 Å². The Hall–Kier alpha value is -3.76. The highest BCUT2D eigenvalue weighted by atomic mass is 35.5. The fourth-order valence-electron chi connectivity index (χ4n) is 3.55. The van der Waals surface area contributed by atoms with Crippen LogP contribution in [-0.4, -0.2) is 73.0 Å². The smallest absolute Gasteiger partial charge is 0.318 e. The molecule has 0 saturated carbocycles. The lowest BCUT2D eigenvalue weighted by atomic mass is 10.1. The summed E-state index contributed by atoms with van der Waals surface area (Å²) in [5, 5.41) is 6.34. The van der Waals surface area contributed by atoms with Crippen molar-refractivity contribution in [3.05, 3.63) is 53.7 Å². The quantitative estimate of drug-likeness (QED) is 0.387. The van der Waals surface area contributed by atoms with Crippen LogP contribution in [0.5, 0.6) is 11.5 Å². The number of hydrogen-bond donors (Lipinski definition) is 2. The van der Waals surface area contributed by atoms with Gasteiger partial charge in [0.05, 0.1) is 32.2 Å². The molecule has 0 unspecified atom stereocenters. The number of halogens is 1. The monoisotopic (exact) mass is 543 g/mol. The van der Waals surface area contributed by atoms with Crippen molar-refractivity contribution in [2.24, 2.45) is 0 Å². The molecule has 0 spiro atoms. The van der Waals surface area contributed by atoms with Gasteiger partial charge in [-0.3, -0.25) is 14.7 Å². The third-order valence-electron chi connectivity index (χ3n) is 5.38. The lowest BCUT2D eigenvalue weighted by Gasteiger charge is -2.28. The lowest BCUT2D eigenvalue weighted by Crippen LogP contribution is -2.51. The number of anilines is 1. The van der Waals surface area contributed by atoms with Crippen molar-refractivity contribution >= 4 is 29.5 Å². The summed E-state index contributed by atoms with van der Waals surface area (Å²) in [6.07, 6.45) is 1.79. The maximum absolute atomic E-state index is 13.2. The second-order valence-corrected chi connectivity index (χ2v) is 9.98. The molecule has 3 amide bonds. The van der Waals surface area contributed by atoms with E-state index in [9.17, 15) is 9.59 Å². The number of nitrogens with zero attached hydrogens (tertiary/aromatic N) is 3. The molecule has 0 radical (unpaired) electrons. The van der Waals surface area contributed by atoms with E-state index in [0.29, 0.717) is 27.9 Å². The van der Waals surface area contributed by atoms with E-state index in [4.69, 9.17) is 25.8 Å². The first-order valence-electron chi connectivity index (χ1n) is 12.0. The molecule has 1 aromatic heterocycles. The zero-order valence-corrected chi connectivity index (χ0v) is 23.3. The Morgan fingerprint density at radius 1 is 1.03 bits per heavy atom. The fraction of sp³-hybridized carbons (Fsp3) is 0.370. The first-order valence-corrected chi connectivity index (χ1v) is 12.4. The average Bonchev–Trinajstić information content (AvgIpc) is 3.29. The van der Waals surface area contributed by atoms with Gasteiger partial charge in [0.25, 0.3) is 0 Å². The minimum atomic E-state index is -0.464. The van der Waals surface area contributed by atoms with Crippen LogP contribution in [-0.2, 0) is 9.53 Å². The highest BCUT2D eigenvalue weighted by Crippen LogP contribution is 2.30. The highest BCUT2D eigenvalue weighted by molar-refractivity contribution is 6.30. The van der Waals surface area contributed by atoms with E-state index in [1.54, 1.807) is 55.3 Å². The number of methoxy groups -OCH3 is 3. The Labute approximate surface area is 227 Å². The molecule has 3 rings (SSSR count). The van der Waals surface area contributed by atoms with Gasteiger partial charge in [-0.1, -0.05) is 23.7 Å². The Kier molecular flexibility index (Phi) is 9.60. The zero-order chi connectivity index (χ0) is 27.9. The number of carbonyl (C=O) groups is 2. The molecule has 0 saturated heterocycles. The molecule has 2 aromatic carbocycles. The van der Waals surface area contributed by atoms with Crippen LogP contribution in [0.25, 0.3) is 16.9 Å². The number of urea groups is 1. The molecule has 0 fully saturated rings. The van der Waals surface area contributed by atoms with Gasteiger partial charge in [-0.15, -0.1) is 0 Å². The minimum absolute atomic E-state index is 0.199. The third kappa shape index (κ3) is 7.87. The average molecular weight is 544 g/mol. The highest BCUT2D eigenvalue weighted by Gasteiger charge is 2.23. The SMILES string of the molecule is COCCN(CC(=O)Nc1nc(-c2ccc(Cl)cc2)cn1-c1cc(OC)cc(OC)c1)C(=O)NC(C)(C)C. The molecule has 0 atom stereocenters. The number of ether oxygens (including phenoxy) is 3. The summed E-state index contributed by atoms with van der Waals surface area (Å²) in [4.78, 5) is 32.1. The van der Waals surface area contributed by atoms with Gasteiger partial charge in [0.2, 0.25) is 11.9 Å². The number of carbonyl (C=O) groups excluding carboxylic acids is 2. The lowest BCUT2D eigenvalue weighted by molar-refractivity contribution is -0.117. The standard InChI is InChI=1S/C27H34ClN5O5/c1-27(2,3)31-26(35)32(11-12-36-4)17-24(34)30-25-29-23(18-7-9-19(28)10-8-18)16-33(25)20-13-21(37-5)15-22(14-20)38-6/h7-10,13-16H,11-12,17H2,1-6H3,(H,31,35)(H,29,30,34). The Morgan fingerprint density at radius 3 is 2.21 bits per heavy atom. The van der Waals surface area contributed by atoms with Crippen LogP contribution in [0, 0.1) is 0 Å². The van der Waals surface area contributed by atoms with Gasteiger partial charge in [0.15, 0.2) is 0 Å². The summed E-state index contributed by atoms with van der Waals surface area (Å²) < 4.78 is 17.7. The van der Waals surface area contributed by atoms with Crippen molar-refractivity contribution in [3.8, 4) is 28.4 Å². The normalized spacial score (nSPS) is 11.1. The molecule has 3 aromatic rings. The second kappa shape index (κ2) is 12.7. The molecule has 38 heavy (non-hydrogen) atoms. The summed E-state index contributed by atoms with van der Waals surface area (Å²) >= 11 is 6.06. The first kappa shape index (κ1) is 28.8. The molecular weight excluding hydrogens is 510 g/mol. The summed E-state index contributed by atoms with van der Waals surface area (Å²) in [5.74, 6) is 0.985. The van der Waals surface area contributed by atoms with Crippen LogP contribution in [0.3, 0.4) is 0 Å². The molecule has 204 valence electrons. The van der Waals surface area contributed by atoms with Gasteiger partial charge >= 0.3 is 6.03 Å². The Morgan fingerprint density at radius 2 is 1.66 bits per heavy atom. The Bertz CT molecular complexity index is 1230. The van der Waals surface area contributed by atoms with Crippen molar-refractivity contribution in [1.29, 1.82) is 0 Å². The predicted molar refractivity (Wildman–Crippen MR) is 147 cm³/mol. The molecular formula is C27H34ClN5O5. The molecule has 0 aliphatic heterocycles. The van der Waals surface area contributed by atoms with E-state index in [-0.39, 0.29) is 31.7 Å². The van der Waals surface area contributed by atoms with Gasteiger partial charge in [0.1, 0.15) is 18.0 Å². The number of aromatic nitrogens is 2. The summed E-state index contributed by atoms with van der Waals surface area (Å²) in [6, 6.07) is 12.2.